The van der Waals surface area contributed by atoms with E-state index in [4.69, 9.17) is 22.1 Å². The lowest BCUT2D eigenvalue weighted by Gasteiger charge is -2.05. The van der Waals surface area contributed by atoms with Crippen molar-refractivity contribution in [1.82, 2.24) is 5.43 Å². The molecule has 0 aliphatic rings. The van der Waals surface area contributed by atoms with Crippen LogP contribution in [0.5, 0.6) is 5.75 Å². The fourth-order valence-corrected chi connectivity index (χ4v) is 1.85. The summed E-state index contributed by atoms with van der Waals surface area (Å²) in [4.78, 5) is 12.0. The van der Waals surface area contributed by atoms with Gasteiger partial charge in [0.15, 0.2) is 5.11 Å². The number of rotatable bonds is 4. The van der Waals surface area contributed by atoms with E-state index in [1.54, 1.807) is 54.7 Å². The first-order valence-corrected chi connectivity index (χ1v) is 7.00. The fourth-order valence-electron chi connectivity index (χ4n) is 1.58. The average Bonchev–Trinajstić information content (AvgIpc) is 2.49. The van der Waals surface area contributed by atoms with Crippen molar-refractivity contribution in [3.05, 3.63) is 64.7 Å². The van der Waals surface area contributed by atoms with Gasteiger partial charge >= 0.3 is 5.97 Å². The maximum Gasteiger partial charge on any atom is 0.345 e. The molecule has 0 spiro atoms. The van der Waals surface area contributed by atoms with E-state index in [1.165, 1.54) is 0 Å². The maximum absolute atomic E-state index is 12.0. The predicted molar refractivity (Wildman–Crippen MR) is 90.4 cm³/mol. The Hall–Kier alpha value is -2.44. The van der Waals surface area contributed by atoms with Crippen molar-refractivity contribution in [3.63, 3.8) is 0 Å². The minimum Gasteiger partial charge on any atom is -0.423 e. The smallest absolute Gasteiger partial charge is 0.345 e. The third-order valence-corrected chi connectivity index (χ3v) is 2.99. The number of nitrogens with two attached hydrogens (primary N) is 1. The van der Waals surface area contributed by atoms with Crippen molar-refractivity contribution in [3.8, 4) is 5.75 Å². The van der Waals surface area contributed by atoms with Gasteiger partial charge in [-0.3, -0.25) is 5.43 Å². The first-order valence-electron chi connectivity index (χ1n) is 6.21. The molecule has 22 heavy (non-hydrogen) atoms. The van der Waals surface area contributed by atoms with Crippen LogP contribution in [0.2, 0.25) is 5.02 Å². The third-order valence-electron chi connectivity index (χ3n) is 2.57. The van der Waals surface area contributed by atoms with Crippen molar-refractivity contribution >= 4 is 41.1 Å². The molecule has 0 atom stereocenters. The molecule has 0 aliphatic heterocycles. The number of ether oxygens (including phenoxy) is 1. The highest BCUT2D eigenvalue weighted by Gasteiger charge is 2.11. The van der Waals surface area contributed by atoms with Gasteiger partial charge in [0.05, 0.1) is 16.8 Å². The maximum atomic E-state index is 12.0. The molecule has 7 heteroatoms. The molecule has 0 heterocycles. The van der Waals surface area contributed by atoms with Gasteiger partial charge in [-0.1, -0.05) is 23.7 Å². The largest absolute Gasteiger partial charge is 0.423 e. The van der Waals surface area contributed by atoms with Crippen LogP contribution in [0.4, 0.5) is 0 Å². The van der Waals surface area contributed by atoms with Gasteiger partial charge in [-0.25, -0.2) is 4.79 Å². The molecule has 0 aromatic heterocycles. The van der Waals surface area contributed by atoms with E-state index >= 15 is 0 Å². The lowest BCUT2D eigenvalue weighted by Crippen LogP contribution is -2.23. The van der Waals surface area contributed by atoms with Crippen molar-refractivity contribution in [1.29, 1.82) is 0 Å². The minimum atomic E-state index is -0.512. The summed E-state index contributed by atoms with van der Waals surface area (Å²) in [7, 11) is 0. The van der Waals surface area contributed by atoms with Crippen molar-refractivity contribution in [2.24, 2.45) is 10.8 Å². The summed E-state index contributed by atoms with van der Waals surface area (Å²) < 4.78 is 5.25. The van der Waals surface area contributed by atoms with E-state index in [0.29, 0.717) is 16.3 Å². The number of halogens is 1. The summed E-state index contributed by atoms with van der Waals surface area (Å²) in [6, 6.07) is 13.5. The number of carbonyl (C=O) groups excluding carboxylic acids is 1. The van der Waals surface area contributed by atoms with Gasteiger partial charge in [0.2, 0.25) is 0 Å². The second kappa shape index (κ2) is 7.53. The SMILES string of the molecule is NC(=S)NN=Cc1ccc(OC(=O)c2ccccc2Cl)cc1. The monoisotopic (exact) mass is 333 g/mol. The van der Waals surface area contributed by atoms with Crippen LogP contribution in [0.25, 0.3) is 0 Å². The Kier molecular flexibility index (Phi) is 5.46. The van der Waals surface area contributed by atoms with Crippen LogP contribution in [0.3, 0.4) is 0 Å². The summed E-state index contributed by atoms with van der Waals surface area (Å²) in [6.45, 7) is 0. The highest BCUT2D eigenvalue weighted by molar-refractivity contribution is 7.80. The molecule has 0 aliphatic carbocycles. The Balaban J connectivity index is 2.02. The zero-order valence-corrected chi connectivity index (χ0v) is 12.9. The number of nitrogens with one attached hydrogen (secondary N) is 1. The fraction of sp³-hybridized carbons (Fsp3) is 0. The summed E-state index contributed by atoms with van der Waals surface area (Å²) in [5, 5.41) is 4.26. The predicted octanol–water partition coefficient (Wildman–Crippen LogP) is 2.73. The molecule has 0 saturated heterocycles. The summed E-state index contributed by atoms with van der Waals surface area (Å²) in [6.07, 6.45) is 1.54. The average molecular weight is 334 g/mol. The van der Waals surface area contributed by atoms with Gasteiger partial charge in [0.1, 0.15) is 5.75 Å². The molecule has 112 valence electrons. The molecular weight excluding hydrogens is 322 g/mol. The molecule has 0 amide bonds. The van der Waals surface area contributed by atoms with E-state index in [1.807, 2.05) is 0 Å². The van der Waals surface area contributed by atoms with E-state index < -0.39 is 5.97 Å². The van der Waals surface area contributed by atoms with Crippen molar-refractivity contribution < 1.29 is 9.53 Å². The topological polar surface area (TPSA) is 76.7 Å². The Labute approximate surface area is 137 Å². The van der Waals surface area contributed by atoms with Crippen LogP contribution in [0, 0.1) is 0 Å². The quantitative estimate of drug-likeness (QED) is 0.296. The lowest BCUT2D eigenvalue weighted by molar-refractivity contribution is 0.0735. The molecule has 0 fully saturated rings. The van der Waals surface area contributed by atoms with Gasteiger partial charge < -0.3 is 10.5 Å². The molecular formula is C15H12ClN3O2S. The zero-order valence-electron chi connectivity index (χ0n) is 11.3. The van der Waals surface area contributed by atoms with E-state index in [0.717, 1.165) is 5.56 Å². The second-order valence-electron chi connectivity index (χ2n) is 4.17. The van der Waals surface area contributed by atoms with E-state index in [-0.39, 0.29) is 5.11 Å². The minimum absolute atomic E-state index is 0.0848. The van der Waals surface area contributed by atoms with E-state index in [9.17, 15) is 4.79 Å². The number of carbonyl (C=O) groups is 1. The van der Waals surface area contributed by atoms with Crippen LogP contribution < -0.4 is 15.9 Å². The van der Waals surface area contributed by atoms with Gasteiger partial charge in [0.25, 0.3) is 0 Å². The molecule has 0 unspecified atom stereocenters. The van der Waals surface area contributed by atoms with Crippen LogP contribution in [-0.2, 0) is 0 Å². The van der Waals surface area contributed by atoms with Crippen molar-refractivity contribution in [2.75, 3.05) is 0 Å². The lowest BCUT2D eigenvalue weighted by atomic mass is 10.2. The van der Waals surface area contributed by atoms with Crippen LogP contribution >= 0.6 is 23.8 Å². The first kappa shape index (κ1) is 15.9. The molecule has 2 aromatic rings. The van der Waals surface area contributed by atoms with Crippen LogP contribution in [-0.4, -0.2) is 17.3 Å². The number of nitrogens with zero attached hydrogens (tertiary/aromatic N) is 1. The highest BCUT2D eigenvalue weighted by atomic mass is 35.5. The molecule has 0 saturated carbocycles. The van der Waals surface area contributed by atoms with E-state index in [2.05, 4.69) is 22.7 Å². The van der Waals surface area contributed by atoms with Gasteiger partial charge in [-0.15, -0.1) is 0 Å². The Morgan fingerprint density at radius 2 is 1.91 bits per heavy atom. The van der Waals surface area contributed by atoms with Crippen LogP contribution in [0.1, 0.15) is 15.9 Å². The van der Waals surface area contributed by atoms with Gasteiger partial charge in [0, 0.05) is 0 Å². The number of benzene rings is 2. The number of esters is 1. The normalized spacial score (nSPS) is 10.4. The highest BCUT2D eigenvalue weighted by Crippen LogP contribution is 2.18. The Morgan fingerprint density at radius 1 is 1.23 bits per heavy atom. The Morgan fingerprint density at radius 3 is 2.55 bits per heavy atom. The summed E-state index contributed by atoms with van der Waals surface area (Å²) in [5.41, 5.74) is 8.80. The standard InChI is InChI=1S/C15H12ClN3O2S/c16-13-4-2-1-3-12(13)14(20)21-11-7-5-10(6-8-11)9-18-19-15(17)22/h1-9H,(H3,17,19,22). The van der Waals surface area contributed by atoms with Gasteiger partial charge in [-0.2, -0.15) is 5.10 Å². The summed E-state index contributed by atoms with van der Waals surface area (Å²) >= 11 is 10.6. The number of hydrazone groups is 1. The molecule has 0 radical (unpaired) electrons. The zero-order chi connectivity index (χ0) is 15.9. The number of hydrogen-bond acceptors (Lipinski definition) is 4. The molecule has 2 rings (SSSR count). The third kappa shape index (κ3) is 4.54. The molecule has 5 nitrogen and oxygen atoms in total. The Bertz CT molecular complexity index is 717. The summed E-state index contributed by atoms with van der Waals surface area (Å²) in [5.74, 6) is -0.105. The van der Waals surface area contributed by atoms with Crippen LogP contribution in [0.15, 0.2) is 53.6 Å². The number of hydrogen-bond donors (Lipinski definition) is 2. The second-order valence-corrected chi connectivity index (χ2v) is 5.02. The number of thiocarbonyl (C=S) groups is 1. The van der Waals surface area contributed by atoms with Crippen molar-refractivity contribution in [2.45, 2.75) is 0 Å². The molecule has 2 aromatic carbocycles. The van der Waals surface area contributed by atoms with Gasteiger partial charge in [-0.05, 0) is 54.2 Å². The molecule has 0 bridgehead atoms. The molecule has 3 N–H and O–H groups in total. The first-order chi connectivity index (χ1) is 10.6.